The molecule has 3 heteroatoms. The lowest BCUT2D eigenvalue weighted by Crippen LogP contribution is -2.40. The summed E-state index contributed by atoms with van der Waals surface area (Å²) in [4.78, 5) is 2.40. The van der Waals surface area contributed by atoms with Crippen molar-refractivity contribution in [3.63, 3.8) is 0 Å². The lowest BCUT2D eigenvalue weighted by Gasteiger charge is -2.28. The Bertz CT molecular complexity index is 1120. The SMILES string of the molecule is CCc1cccc2c1sc1c(N(C)c3ccccc3[Si](C)(C)C)cccc12. The van der Waals surface area contributed by atoms with Gasteiger partial charge in [0.1, 0.15) is 0 Å². The van der Waals surface area contributed by atoms with Gasteiger partial charge >= 0.3 is 0 Å². The Morgan fingerprint density at radius 2 is 1.41 bits per heavy atom. The van der Waals surface area contributed by atoms with E-state index in [1.54, 1.807) is 0 Å². The average Bonchev–Trinajstić information content (AvgIpc) is 3.05. The minimum Gasteiger partial charge on any atom is -0.344 e. The normalized spacial score (nSPS) is 12.0. The Kier molecular flexibility index (Phi) is 4.61. The molecule has 0 atom stereocenters. The first-order valence-corrected chi connectivity index (χ1v) is 14.0. The van der Waals surface area contributed by atoms with Gasteiger partial charge in [-0.3, -0.25) is 0 Å². The van der Waals surface area contributed by atoms with Crippen molar-refractivity contribution in [1.82, 2.24) is 0 Å². The van der Waals surface area contributed by atoms with Crippen LogP contribution in [0.1, 0.15) is 12.5 Å². The number of nitrogens with zero attached hydrogens (tertiary/aromatic N) is 1. The van der Waals surface area contributed by atoms with Crippen LogP contribution in [0.25, 0.3) is 20.2 Å². The Morgan fingerprint density at radius 1 is 0.778 bits per heavy atom. The largest absolute Gasteiger partial charge is 0.344 e. The van der Waals surface area contributed by atoms with E-state index in [0.29, 0.717) is 0 Å². The summed E-state index contributed by atoms with van der Waals surface area (Å²) in [5.41, 5.74) is 4.10. The van der Waals surface area contributed by atoms with E-state index in [1.807, 2.05) is 11.3 Å². The van der Waals surface area contributed by atoms with Gasteiger partial charge in [-0.15, -0.1) is 11.3 Å². The van der Waals surface area contributed by atoms with Gasteiger partial charge in [-0.05, 0) is 29.3 Å². The Morgan fingerprint density at radius 3 is 2.11 bits per heavy atom. The predicted molar refractivity (Wildman–Crippen MR) is 126 cm³/mol. The third kappa shape index (κ3) is 3.09. The van der Waals surface area contributed by atoms with E-state index in [-0.39, 0.29) is 0 Å². The predicted octanol–water partition coefficient (Wildman–Crippen LogP) is 6.93. The van der Waals surface area contributed by atoms with Crippen LogP contribution in [-0.2, 0) is 6.42 Å². The van der Waals surface area contributed by atoms with Gasteiger partial charge in [-0.25, -0.2) is 0 Å². The van der Waals surface area contributed by atoms with Crippen LogP contribution in [0.3, 0.4) is 0 Å². The summed E-state index contributed by atoms with van der Waals surface area (Å²) in [5.74, 6) is 0. The van der Waals surface area contributed by atoms with Gasteiger partial charge in [0.15, 0.2) is 0 Å². The summed E-state index contributed by atoms with van der Waals surface area (Å²) >= 11 is 1.95. The molecule has 138 valence electrons. The van der Waals surface area contributed by atoms with E-state index in [4.69, 9.17) is 0 Å². The molecule has 4 rings (SSSR count). The van der Waals surface area contributed by atoms with E-state index in [1.165, 1.54) is 42.3 Å². The van der Waals surface area contributed by atoms with Gasteiger partial charge in [-0.2, -0.15) is 0 Å². The molecule has 0 bridgehead atoms. The first-order chi connectivity index (χ1) is 12.9. The molecule has 0 fully saturated rings. The number of benzene rings is 3. The van der Waals surface area contributed by atoms with Crippen molar-refractivity contribution in [3.05, 3.63) is 66.2 Å². The monoisotopic (exact) mass is 389 g/mol. The van der Waals surface area contributed by atoms with Crippen LogP contribution < -0.4 is 10.1 Å². The molecule has 0 amide bonds. The third-order valence-corrected chi connectivity index (χ3v) is 8.76. The number of hydrogen-bond donors (Lipinski definition) is 0. The van der Waals surface area contributed by atoms with E-state index < -0.39 is 8.07 Å². The number of anilines is 2. The van der Waals surface area contributed by atoms with Crippen LogP contribution in [0, 0.1) is 0 Å². The Balaban J connectivity index is 1.95. The average molecular weight is 390 g/mol. The van der Waals surface area contributed by atoms with Gasteiger partial charge in [0, 0.05) is 28.2 Å². The molecule has 0 saturated heterocycles. The molecule has 0 radical (unpaired) electrons. The van der Waals surface area contributed by atoms with E-state index in [0.717, 1.165) is 6.42 Å². The maximum atomic E-state index is 2.42. The maximum Gasteiger partial charge on any atom is 0.0803 e. The summed E-state index contributed by atoms with van der Waals surface area (Å²) < 4.78 is 2.83. The number of para-hydroxylation sites is 1. The molecule has 0 aliphatic heterocycles. The summed E-state index contributed by atoms with van der Waals surface area (Å²) in [5, 5.41) is 4.28. The summed E-state index contributed by atoms with van der Waals surface area (Å²) in [6, 6.07) is 22.4. The van der Waals surface area contributed by atoms with Crippen molar-refractivity contribution in [2.45, 2.75) is 33.0 Å². The molecule has 27 heavy (non-hydrogen) atoms. The standard InChI is InChI=1S/C24H27NSSi/c1-6-17-11-9-12-18-19-13-10-15-21(24(19)26-23(17)18)25(2)20-14-7-8-16-22(20)27(3,4)5/h7-16H,6H2,1-5H3. The van der Waals surface area contributed by atoms with Gasteiger partial charge < -0.3 is 4.90 Å². The molecule has 0 aliphatic rings. The Labute approximate surface area is 167 Å². The molecule has 1 heterocycles. The molecule has 1 aromatic heterocycles. The summed E-state index contributed by atoms with van der Waals surface area (Å²) in [6.07, 6.45) is 1.08. The number of rotatable bonds is 4. The van der Waals surface area contributed by atoms with Crippen LogP contribution in [0.5, 0.6) is 0 Å². The van der Waals surface area contributed by atoms with Gasteiger partial charge in [0.25, 0.3) is 0 Å². The zero-order valence-corrected chi connectivity index (χ0v) is 18.7. The molecule has 0 unspecified atom stereocenters. The minimum absolute atomic E-state index is 1.08. The second kappa shape index (κ2) is 6.81. The quantitative estimate of drug-likeness (QED) is 0.342. The molecule has 3 aromatic carbocycles. The van der Waals surface area contributed by atoms with Crippen molar-refractivity contribution in [1.29, 1.82) is 0 Å². The van der Waals surface area contributed by atoms with Crippen molar-refractivity contribution in [2.75, 3.05) is 11.9 Å². The lowest BCUT2D eigenvalue weighted by molar-refractivity contribution is 1.16. The second-order valence-electron chi connectivity index (χ2n) is 8.23. The summed E-state index contributed by atoms with van der Waals surface area (Å²) in [6.45, 7) is 9.52. The molecule has 0 N–H and O–H groups in total. The zero-order valence-electron chi connectivity index (χ0n) is 16.8. The molecular weight excluding hydrogens is 362 g/mol. The fourth-order valence-corrected chi connectivity index (χ4v) is 6.99. The van der Waals surface area contributed by atoms with Crippen molar-refractivity contribution < 1.29 is 0 Å². The van der Waals surface area contributed by atoms with Crippen molar-refractivity contribution in [3.8, 4) is 0 Å². The lowest BCUT2D eigenvalue weighted by atomic mass is 10.1. The van der Waals surface area contributed by atoms with Crippen molar-refractivity contribution in [2.24, 2.45) is 0 Å². The third-order valence-electron chi connectivity index (χ3n) is 5.40. The smallest absolute Gasteiger partial charge is 0.0803 e. The van der Waals surface area contributed by atoms with Crippen LogP contribution >= 0.6 is 11.3 Å². The highest BCUT2D eigenvalue weighted by molar-refractivity contribution is 7.26. The Hall–Kier alpha value is -2.10. The zero-order chi connectivity index (χ0) is 19.2. The topological polar surface area (TPSA) is 3.24 Å². The second-order valence-corrected chi connectivity index (χ2v) is 14.3. The highest BCUT2D eigenvalue weighted by Gasteiger charge is 2.23. The first-order valence-electron chi connectivity index (χ1n) is 9.68. The van der Waals surface area contributed by atoms with Crippen LogP contribution in [0.15, 0.2) is 60.7 Å². The van der Waals surface area contributed by atoms with Crippen LogP contribution in [0.2, 0.25) is 19.6 Å². The minimum atomic E-state index is -1.43. The van der Waals surface area contributed by atoms with E-state index in [9.17, 15) is 0 Å². The van der Waals surface area contributed by atoms with Gasteiger partial charge in [0.2, 0.25) is 0 Å². The molecule has 0 spiro atoms. The maximum absolute atomic E-state index is 2.42. The highest BCUT2D eigenvalue weighted by atomic mass is 32.1. The molecule has 1 nitrogen and oxygen atoms in total. The van der Waals surface area contributed by atoms with E-state index in [2.05, 4.69) is 99.2 Å². The number of fused-ring (bicyclic) bond motifs is 3. The number of aryl methyl sites for hydroxylation is 1. The fourth-order valence-electron chi connectivity index (χ4n) is 3.94. The van der Waals surface area contributed by atoms with E-state index >= 15 is 0 Å². The first kappa shape index (κ1) is 18.3. The van der Waals surface area contributed by atoms with Crippen LogP contribution in [0.4, 0.5) is 11.4 Å². The number of thiophene rings is 1. The molecular formula is C24H27NSSi. The van der Waals surface area contributed by atoms with Gasteiger partial charge in [-0.1, -0.05) is 75.1 Å². The molecule has 0 aliphatic carbocycles. The van der Waals surface area contributed by atoms with Crippen molar-refractivity contribution >= 4 is 56.1 Å². The van der Waals surface area contributed by atoms with Crippen LogP contribution in [-0.4, -0.2) is 15.1 Å². The summed E-state index contributed by atoms with van der Waals surface area (Å²) in [7, 11) is 0.795. The fraction of sp³-hybridized carbons (Fsp3) is 0.250. The van der Waals surface area contributed by atoms with Gasteiger partial charge in [0.05, 0.1) is 18.5 Å². The number of hydrogen-bond acceptors (Lipinski definition) is 2. The highest BCUT2D eigenvalue weighted by Crippen LogP contribution is 2.42. The molecule has 0 saturated carbocycles. The molecule has 4 aromatic rings.